The van der Waals surface area contributed by atoms with Crippen LogP contribution in [-0.4, -0.2) is 23.8 Å². The van der Waals surface area contributed by atoms with Crippen molar-refractivity contribution in [2.75, 3.05) is 0 Å². The van der Waals surface area contributed by atoms with Crippen molar-refractivity contribution in [1.29, 1.82) is 0 Å². The number of hydrogen-bond donors (Lipinski definition) is 3. The molecule has 6 nitrogen and oxygen atoms in total. The minimum Gasteiger partial charge on any atom is -0.367 e. The Morgan fingerprint density at radius 3 is 2.25 bits per heavy atom. The van der Waals surface area contributed by atoms with Crippen LogP contribution in [0.1, 0.15) is 12.5 Å². The molecule has 0 aromatic heterocycles. The monoisotopic (exact) mass is 295 g/mol. The Morgan fingerprint density at radius 2 is 1.75 bits per heavy atom. The SMILES string of the molecule is CC(=CC(=O)NC(C(N)=O)C(N)=O)c1ccccc1Cl. The van der Waals surface area contributed by atoms with Crippen LogP contribution in [-0.2, 0) is 14.4 Å². The average molecular weight is 296 g/mol. The van der Waals surface area contributed by atoms with Gasteiger partial charge in [0.15, 0.2) is 6.04 Å². The first-order valence-electron chi connectivity index (χ1n) is 5.65. The summed E-state index contributed by atoms with van der Waals surface area (Å²) in [6.07, 6.45) is 1.21. The number of halogens is 1. The zero-order valence-electron chi connectivity index (χ0n) is 10.7. The number of nitrogens with one attached hydrogen (secondary N) is 1. The molecule has 20 heavy (non-hydrogen) atoms. The highest BCUT2D eigenvalue weighted by atomic mass is 35.5. The van der Waals surface area contributed by atoms with Crippen molar-refractivity contribution in [2.24, 2.45) is 11.5 Å². The van der Waals surface area contributed by atoms with Crippen molar-refractivity contribution in [3.05, 3.63) is 40.9 Å². The molecule has 0 saturated carbocycles. The van der Waals surface area contributed by atoms with E-state index in [0.717, 1.165) is 0 Å². The fourth-order valence-electron chi connectivity index (χ4n) is 1.52. The molecule has 0 bridgehead atoms. The molecule has 0 fully saturated rings. The molecule has 0 aliphatic rings. The van der Waals surface area contributed by atoms with Gasteiger partial charge in [0.1, 0.15) is 0 Å². The number of rotatable bonds is 5. The molecule has 0 unspecified atom stereocenters. The summed E-state index contributed by atoms with van der Waals surface area (Å²) in [6.45, 7) is 1.67. The lowest BCUT2D eigenvalue weighted by Crippen LogP contribution is -2.52. The average Bonchev–Trinajstić information content (AvgIpc) is 2.35. The van der Waals surface area contributed by atoms with Crippen LogP contribution in [0.15, 0.2) is 30.3 Å². The van der Waals surface area contributed by atoms with Crippen LogP contribution >= 0.6 is 11.6 Å². The predicted octanol–water partition coefficient (Wildman–Crippen LogP) is 0.199. The minimum atomic E-state index is -1.54. The third-order valence-corrected chi connectivity index (χ3v) is 2.83. The predicted molar refractivity (Wildman–Crippen MR) is 75.4 cm³/mol. The van der Waals surface area contributed by atoms with Crippen LogP contribution in [0.25, 0.3) is 5.57 Å². The summed E-state index contributed by atoms with van der Waals surface area (Å²) < 4.78 is 0. The number of primary amides is 2. The Morgan fingerprint density at radius 1 is 1.20 bits per heavy atom. The Labute approximate surface area is 120 Å². The van der Waals surface area contributed by atoms with Crippen molar-refractivity contribution >= 4 is 34.9 Å². The summed E-state index contributed by atoms with van der Waals surface area (Å²) in [5, 5.41) is 2.61. The van der Waals surface area contributed by atoms with E-state index in [2.05, 4.69) is 5.32 Å². The summed E-state index contributed by atoms with van der Waals surface area (Å²) >= 11 is 5.99. The van der Waals surface area contributed by atoms with Crippen molar-refractivity contribution in [3.63, 3.8) is 0 Å². The van der Waals surface area contributed by atoms with Crippen LogP contribution < -0.4 is 16.8 Å². The molecular weight excluding hydrogens is 282 g/mol. The summed E-state index contributed by atoms with van der Waals surface area (Å²) in [5.41, 5.74) is 11.1. The fraction of sp³-hybridized carbons (Fsp3) is 0.154. The second-order valence-corrected chi connectivity index (χ2v) is 4.46. The molecule has 1 aromatic carbocycles. The molecule has 0 aliphatic heterocycles. The highest BCUT2D eigenvalue weighted by molar-refractivity contribution is 6.32. The zero-order chi connectivity index (χ0) is 15.3. The first-order valence-corrected chi connectivity index (χ1v) is 6.03. The molecule has 0 spiro atoms. The van der Waals surface area contributed by atoms with Gasteiger partial charge in [0.05, 0.1) is 0 Å². The molecule has 5 N–H and O–H groups in total. The number of carbonyl (C=O) groups is 3. The van der Waals surface area contributed by atoms with E-state index in [-0.39, 0.29) is 0 Å². The third-order valence-electron chi connectivity index (χ3n) is 2.50. The smallest absolute Gasteiger partial charge is 0.249 e. The van der Waals surface area contributed by atoms with Crippen LogP contribution in [0.4, 0.5) is 0 Å². The number of nitrogens with two attached hydrogens (primary N) is 2. The van der Waals surface area contributed by atoms with Gasteiger partial charge >= 0.3 is 0 Å². The Bertz CT molecular complexity index is 570. The lowest BCUT2D eigenvalue weighted by atomic mass is 10.1. The third kappa shape index (κ3) is 4.10. The first kappa shape index (κ1) is 15.7. The molecule has 0 aliphatic carbocycles. The van der Waals surface area contributed by atoms with Crippen LogP contribution in [0.3, 0.4) is 0 Å². The highest BCUT2D eigenvalue weighted by Gasteiger charge is 2.23. The van der Waals surface area contributed by atoms with Crippen molar-refractivity contribution in [3.8, 4) is 0 Å². The second kappa shape index (κ2) is 6.72. The van der Waals surface area contributed by atoms with Gasteiger partial charge in [-0.3, -0.25) is 14.4 Å². The van der Waals surface area contributed by atoms with Gasteiger partial charge in [-0.05, 0) is 24.1 Å². The minimum absolute atomic E-state index is 0.482. The lowest BCUT2D eigenvalue weighted by Gasteiger charge is -2.10. The Balaban J connectivity index is 2.89. The van der Waals surface area contributed by atoms with Gasteiger partial charge in [-0.2, -0.15) is 0 Å². The first-order chi connectivity index (χ1) is 9.32. The number of carbonyl (C=O) groups excluding carboxylic acids is 3. The van der Waals surface area contributed by atoms with Gasteiger partial charge in [-0.25, -0.2) is 0 Å². The summed E-state index contributed by atoms with van der Waals surface area (Å²) in [5.74, 6) is -2.70. The normalized spacial score (nSPS) is 11.2. The van der Waals surface area contributed by atoms with Crippen LogP contribution in [0, 0.1) is 0 Å². The lowest BCUT2D eigenvalue weighted by molar-refractivity contribution is -0.132. The van der Waals surface area contributed by atoms with E-state index in [4.69, 9.17) is 23.1 Å². The van der Waals surface area contributed by atoms with Crippen molar-refractivity contribution in [2.45, 2.75) is 13.0 Å². The van der Waals surface area contributed by atoms with E-state index < -0.39 is 23.8 Å². The number of amides is 3. The van der Waals surface area contributed by atoms with Gasteiger partial charge in [0.2, 0.25) is 17.7 Å². The molecule has 1 aromatic rings. The van der Waals surface area contributed by atoms with E-state index in [1.807, 2.05) is 0 Å². The Kier molecular flexibility index (Phi) is 5.28. The van der Waals surface area contributed by atoms with Crippen molar-refractivity contribution < 1.29 is 14.4 Å². The standard InChI is InChI=1S/C13H14ClN3O3/c1-7(8-4-2-3-5-9(8)14)6-10(18)17-11(12(15)19)13(16)20/h2-6,11H,1H3,(H2,15,19)(H2,16,20)(H,17,18). The molecular formula is C13H14ClN3O3. The maximum atomic E-state index is 11.7. The topological polar surface area (TPSA) is 115 Å². The molecule has 106 valence electrons. The second-order valence-electron chi connectivity index (χ2n) is 4.05. The largest absolute Gasteiger partial charge is 0.367 e. The molecule has 0 heterocycles. The number of hydrogen-bond acceptors (Lipinski definition) is 3. The summed E-state index contributed by atoms with van der Waals surface area (Å²) in [6, 6.07) is 5.41. The van der Waals surface area contributed by atoms with Crippen LogP contribution in [0.2, 0.25) is 5.02 Å². The van der Waals surface area contributed by atoms with Gasteiger partial charge in [-0.15, -0.1) is 0 Å². The number of allylic oxidation sites excluding steroid dienone is 1. The molecule has 0 radical (unpaired) electrons. The summed E-state index contributed by atoms with van der Waals surface area (Å²) in [7, 11) is 0. The summed E-state index contributed by atoms with van der Waals surface area (Å²) in [4.78, 5) is 33.6. The Hall–Kier alpha value is -2.34. The van der Waals surface area contributed by atoms with E-state index in [0.29, 0.717) is 16.2 Å². The number of benzene rings is 1. The van der Waals surface area contributed by atoms with Gasteiger partial charge < -0.3 is 16.8 Å². The van der Waals surface area contributed by atoms with E-state index in [1.54, 1.807) is 31.2 Å². The quantitative estimate of drug-likeness (QED) is 0.532. The fourth-order valence-corrected chi connectivity index (χ4v) is 1.81. The van der Waals surface area contributed by atoms with Gasteiger partial charge in [0, 0.05) is 11.1 Å². The maximum absolute atomic E-state index is 11.7. The molecule has 7 heteroatoms. The highest BCUT2D eigenvalue weighted by Crippen LogP contribution is 2.22. The van der Waals surface area contributed by atoms with E-state index >= 15 is 0 Å². The maximum Gasteiger partial charge on any atom is 0.249 e. The van der Waals surface area contributed by atoms with Crippen LogP contribution in [0.5, 0.6) is 0 Å². The zero-order valence-corrected chi connectivity index (χ0v) is 11.5. The molecule has 0 atom stereocenters. The van der Waals surface area contributed by atoms with Gasteiger partial charge in [0.25, 0.3) is 0 Å². The molecule has 3 amide bonds. The molecule has 0 saturated heterocycles. The molecule has 1 rings (SSSR count). The van der Waals surface area contributed by atoms with Crippen molar-refractivity contribution in [1.82, 2.24) is 5.32 Å². The van der Waals surface area contributed by atoms with Gasteiger partial charge in [-0.1, -0.05) is 29.8 Å². The van der Waals surface area contributed by atoms with E-state index in [9.17, 15) is 14.4 Å². The van der Waals surface area contributed by atoms with E-state index in [1.165, 1.54) is 6.08 Å².